The van der Waals surface area contributed by atoms with Crippen molar-refractivity contribution in [3.8, 4) is 0 Å². The fourth-order valence-corrected chi connectivity index (χ4v) is 10.6. The van der Waals surface area contributed by atoms with Gasteiger partial charge in [0.2, 0.25) is 0 Å². The second-order valence-electron chi connectivity index (χ2n) is 19.9. The number of rotatable bonds is 8. The average molecular weight is 1160 g/mol. The van der Waals surface area contributed by atoms with Crippen molar-refractivity contribution in [3.63, 3.8) is 0 Å². The van der Waals surface area contributed by atoms with E-state index in [1.54, 1.807) is 0 Å². The minimum atomic E-state index is -2.23. The quantitative estimate of drug-likeness (QED) is 0.0610. The van der Waals surface area contributed by atoms with Crippen molar-refractivity contribution in [1.82, 2.24) is 0 Å². The highest BCUT2D eigenvalue weighted by Gasteiger charge is 2.59. The van der Waals surface area contributed by atoms with Crippen LogP contribution in [0.2, 0.25) is 0 Å². The van der Waals surface area contributed by atoms with E-state index in [1.807, 2.05) is 0 Å². The van der Waals surface area contributed by atoms with Gasteiger partial charge in [-0.1, -0.05) is 5.11 Å². The maximum atomic E-state index is 11.6. The van der Waals surface area contributed by atoms with Gasteiger partial charge >= 0.3 is 0 Å². The predicted octanol–water partition coefficient (Wildman–Crippen LogP) is -13.9. The van der Waals surface area contributed by atoms with Crippen LogP contribution in [0.4, 0.5) is 0 Å². The van der Waals surface area contributed by atoms with Crippen molar-refractivity contribution in [3.05, 3.63) is 10.4 Å². The average Bonchev–Trinajstić information content (AvgIpc) is 3.60. The molecule has 15 heterocycles. The van der Waals surface area contributed by atoms with Gasteiger partial charge in [0.15, 0.2) is 44.0 Å². The van der Waals surface area contributed by atoms with Crippen LogP contribution in [0, 0.1) is 0 Å². The van der Waals surface area contributed by atoms with Crippen molar-refractivity contribution in [2.45, 2.75) is 215 Å². The lowest BCUT2D eigenvalue weighted by Gasteiger charge is -2.50. The molecule has 0 unspecified atom stereocenters. The first kappa shape index (κ1) is 63.0. The summed E-state index contributed by atoms with van der Waals surface area (Å²) in [5.74, 6) is 0. The van der Waals surface area contributed by atoms with Gasteiger partial charge in [-0.3, -0.25) is 0 Å². The van der Waals surface area contributed by atoms with Crippen LogP contribution in [-0.2, 0) is 66.3 Å². The maximum Gasteiger partial charge on any atom is 0.187 e. The molecule has 35 atom stereocenters. The van der Waals surface area contributed by atoms with Gasteiger partial charge in [0, 0.05) is 4.91 Å². The molecule has 20 N–H and O–H groups in total. The highest BCUT2D eigenvalue weighted by atomic mass is 16.8. The molecule has 15 aliphatic rings. The Morgan fingerprint density at radius 3 is 0.582 bits per heavy atom. The van der Waals surface area contributed by atoms with Crippen LogP contribution < -0.4 is 0 Å². The summed E-state index contributed by atoms with van der Waals surface area (Å²) in [4.78, 5) is 2.67. The van der Waals surface area contributed by atoms with Gasteiger partial charge in [-0.2, -0.15) is 0 Å². The van der Waals surface area contributed by atoms with Crippen LogP contribution in [0.15, 0.2) is 5.11 Å². The minimum absolute atomic E-state index is 1.05. The lowest BCUT2D eigenvalue weighted by atomic mass is 9.94. The fraction of sp³-hybridized carbons (Fsp3) is 1.00. The summed E-state index contributed by atoms with van der Waals surface area (Å²) in [5, 5.41) is 224. The molecule has 14 bridgehead atoms. The Labute approximate surface area is 444 Å². The topological polar surface area (TPSA) is 583 Å². The first-order valence-corrected chi connectivity index (χ1v) is 25.0. The molecule has 15 aliphatic heterocycles. The van der Waals surface area contributed by atoms with Crippen molar-refractivity contribution in [2.75, 3.05) is 46.2 Å². The first-order chi connectivity index (χ1) is 37.7. The summed E-state index contributed by atoms with van der Waals surface area (Å²) in [6.45, 7) is -7.41. The van der Waals surface area contributed by atoms with Crippen molar-refractivity contribution < 1.29 is 168 Å². The van der Waals surface area contributed by atoms with E-state index in [-0.39, 0.29) is 0 Å². The molecule has 15 saturated heterocycles. The minimum Gasteiger partial charge on any atom is -0.394 e. The van der Waals surface area contributed by atoms with Crippen LogP contribution >= 0.6 is 0 Å². The molecule has 0 aromatic carbocycles. The second-order valence-corrected chi connectivity index (χ2v) is 19.9. The number of fused-ring (bicyclic) bond motifs is 7. The van der Waals surface area contributed by atoms with Gasteiger partial charge in [-0.25, -0.2) is 0 Å². The SMILES string of the molecule is [N-]=[N+]=N[C@@H]1[C@H]2O[C@H]3[C@@H](O)[C@H](O)[C@@H](O[C@H]4[C@@H](O)[C@H](O)[C@@H](O[C@H]5[C@@H](O)[C@H](O)[C@@H](O[C@H]6[C@H](O)[C@@H](O)[C@@H](O[C@H]7[C@H](O)[C@@H](O)[C@@H](O[C@H]8[C@H](O)[C@@H](O)[C@@H](O[C@@H]([C@H]1O)[C@@H](CO)O2)O[C@@H]8CO)O[C@@H]7CO)O[C@@H]6CO)O[C@@H]5CO)O[C@@H]4CO)O[C@@H]3CO. The van der Waals surface area contributed by atoms with E-state index < -0.39 is 261 Å². The normalized spacial score (nSPS) is 54.1. The number of nitrogens with zero attached hydrogens (tertiary/aromatic N) is 3. The second kappa shape index (κ2) is 26.9. The maximum absolute atomic E-state index is 11.6. The molecule has 79 heavy (non-hydrogen) atoms. The standard InChI is InChI=1S/C42H69N3O34/c43-45-44-15-16(53)29-8(1-46)66-36(15)73-30-9(2-47)67-38(23(60)17(30)54)75-32-11(4-49)69-40(25(62)19(32)56)77-34-13(6-51)71-42(27(64)21(34)58)79-35-14(7-52)72-41(28(65)22(35)59)78-33-12(5-50)70-39(26(63)20(33)57)76-31-10(3-48)68-37(74-29)24(61)18(31)55/h8-42,46-65H,1-7H2/t8-,9-,10-,11-,12-,13-,14-,15+,16+,17+,18-,19+,20-,21+,22-,23+,24-,25+,26-,27+,28-,29-,30-,31-,32-,33-,34-,35-,36-,37-,38-,39-,40-,41-,42-/m1/s1. The Kier molecular flexibility index (Phi) is 21.4. The molecule has 0 radical (unpaired) electrons. The third-order valence-corrected chi connectivity index (χ3v) is 15.0. The van der Waals surface area contributed by atoms with Gasteiger partial charge in [0.1, 0.15) is 165 Å². The van der Waals surface area contributed by atoms with Crippen molar-refractivity contribution in [2.24, 2.45) is 5.11 Å². The van der Waals surface area contributed by atoms with Gasteiger partial charge < -0.3 is 168 Å². The van der Waals surface area contributed by atoms with Crippen LogP contribution in [-0.4, -0.2) is 363 Å². The zero-order chi connectivity index (χ0) is 57.5. The fourth-order valence-electron chi connectivity index (χ4n) is 10.6. The number of hydrogen-bond donors (Lipinski definition) is 20. The number of hydrogen-bond acceptors (Lipinski definition) is 35. The smallest absolute Gasteiger partial charge is 0.187 e. The number of ether oxygens (including phenoxy) is 14. The number of aliphatic hydroxyl groups excluding tert-OH is 20. The highest BCUT2D eigenvalue weighted by molar-refractivity contribution is 5.02. The molecule has 0 spiro atoms. The largest absolute Gasteiger partial charge is 0.394 e. The lowest BCUT2D eigenvalue weighted by molar-refractivity contribution is -0.396. The Hall–Kier alpha value is -2.05. The number of azide groups is 1. The third kappa shape index (κ3) is 12.4. The summed E-state index contributed by atoms with van der Waals surface area (Å²) in [6, 6.07) is -1.93. The highest BCUT2D eigenvalue weighted by Crippen LogP contribution is 2.39. The Bertz CT molecular complexity index is 1970. The summed E-state index contributed by atoms with van der Waals surface area (Å²) in [5.41, 5.74) is 9.53. The molecule has 456 valence electrons. The molecule has 0 saturated carbocycles. The molecule has 15 rings (SSSR count). The van der Waals surface area contributed by atoms with E-state index in [0.717, 1.165) is 0 Å². The van der Waals surface area contributed by atoms with E-state index >= 15 is 0 Å². The molecule has 37 nitrogen and oxygen atoms in total. The van der Waals surface area contributed by atoms with E-state index in [2.05, 4.69) is 10.0 Å². The van der Waals surface area contributed by atoms with Gasteiger partial charge in [-0.15, -0.1) is 0 Å². The molecule has 15 fully saturated rings. The van der Waals surface area contributed by atoms with E-state index in [4.69, 9.17) is 66.3 Å². The lowest BCUT2D eigenvalue weighted by Crippen LogP contribution is -2.68. The Morgan fingerprint density at radius 1 is 0.241 bits per heavy atom. The molecule has 0 aromatic heterocycles. The van der Waals surface area contributed by atoms with Crippen LogP contribution in [0.3, 0.4) is 0 Å². The summed E-state index contributed by atoms with van der Waals surface area (Å²) >= 11 is 0. The van der Waals surface area contributed by atoms with E-state index in [1.165, 1.54) is 0 Å². The molecule has 0 aliphatic carbocycles. The van der Waals surface area contributed by atoms with Gasteiger partial charge in [0.25, 0.3) is 0 Å². The molecule has 0 amide bonds. The van der Waals surface area contributed by atoms with Crippen LogP contribution in [0.25, 0.3) is 10.4 Å². The predicted molar refractivity (Wildman–Crippen MR) is 235 cm³/mol. The zero-order valence-corrected chi connectivity index (χ0v) is 41.2. The van der Waals surface area contributed by atoms with Gasteiger partial charge in [-0.05, 0) is 5.53 Å². The van der Waals surface area contributed by atoms with E-state index in [9.17, 15) is 108 Å². The zero-order valence-electron chi connectivity index (χ0n) is 41.2. The van der Waals surface area contributed by atoms with Crippen molar-refractivity contribution in [1.29, 1.82) is 0 Å². The number of aliphatic hydroxyl groups is 20. The van der Waals surface area contributed by atoms with E-state index in [0.29, 0.717) is 0 Å². The summed E-state index contributed by atoms with van der Waals surface area (Å²) in [7, 11) is 0. The summed E-state index contributed by atoms with van der Waals surface area (Å²) < 4.78 is 80.0. The van der Waals surface area contributed by atoms with Crippen LogP contribution in [0.5, 0.6) is 0 Å². The Morgan fingerprint density at radius 2 is 0.405 bits per heavy atom. The first-order valence-electron chi connectivity index (χ1n) is 25.0. The van der Waals surface area contributed by atoms with Crippen molar-refractivity contribution >= 4 is 0 Å². The Balaban J connectivity index is 1.09. The summed E-state index contributed by atoms with van der Waals surface area (Å²) in [6.07, 6.45) is -68.4. The third-order valence-electron chi connectivity index (χ3n) is 15.0. The molecule has 0 aromatic rings. The van der Waals surface area contributed by atoms with Gasteiger partial charge in [0.05, 0.1) is 52.4 Å². The monoisotopic (exact) mass is 1160 g/mol. The molecular formula is C42H69N3O34. The van der Waals surface area contributed by atoms with Crippen LogP contribution in [0.1, 0.15) is 0 Å². The molecular weight excluding hydrogens is 1090 g/mol. The molecule has 37 heteroatoms.